The molecular weight excluding hydrogens is 244 g/mol. The highest BCUT2D eigenvalue weighted by molar-refractivity contribution is 9.10. The van der Waals surface area contributed by atoms with Crippen LogP contribution in [0.15, 0.2) is 16.6 Å². The first-order chi connectivity index (χ1) is 6.66. The third-order valence-electron chi connectivity index (χ3n) is 2.23. The SMILES string of the molecule is Cc1cc(Br)cc2c1NC(=O)CCN2. The van der Waals surface area contributed by atoms with Crippen molar-refractivity contribution in [3.05, 3.63) is 22.2 Å². The van der Waals surface area contributed by atoms with E-state index in [4.69, 9.17) is 0 Å². The summed E-state index contributed by atoms with van der Waals surface area (Å²) < 4.78 is 1.03. The molecule has 0 atom stereocenters. The van der Waals surface area contributed by atoms with Crippen LogP contribution in [0, 0.1) is 6.92 Å². The lowest BCUT2D eigenvalue weighted by molar-refractivity contribution is -0.115. The summed E-state index contributed by atoms with van der Waals surface area (Å²) in [5.74, 6) is 0.0710. The summed E-state index contributed by atoms with van der Waals surface area (Å²) in [6, 6.07) is 3.97. The van der Waals surface area contributed by atoms with Crippen LogP contribution < -0.4 is 10.6 Å². The van der Waals surface area contributed by atoms with E-state index in [0.29, 0.717) is 13.0 Å². The van der Waals surface area contributed by atoms with E-state index in [-0.39, 0.29) is 5.91 Å². The second-order valence-corrected chi connectivity index (χ2v) is 4.29. The monoisotopic (exact) mass is 254 g/mol. The summed E-state index contributed by atoms with van der Waals surface area (Å²) in [5.41, 5.74) is 2.95. The summed E-state index contributed by atoms with van der Waals surface area (Å²) in [7, 11) is 0. The maximum absolute atomic E-state index is 11.3. The molecule has 0 fully saturated rings. The Labute approximate surface area is 91.0 Å². The van der Waals surface area contributed by atoms with Gasteiger partial charge in [-0.05, 0) is 24.6 Å². The molecule has 3 nitrogen and oxygen atoms in total. The average Bonchev–Trinajstić information content (AvgIpc) is 2.27. The highest BCUT2D eigenvalue weighted by Gasteiger charge is 2.14. The van der Waals surface area contributed by atoms with Gasteiger partial charge in [-0.15, -0.1) is 0 Å². The molecule has 0 aliphatic carbocycles. The molecule has 0 bridgehead atoms. The smallest absolute Gasteiger partial charge is 0.226 e. The molecule has 0 unspecified atom stereocenters. The van der Waals surface area contributed by atoms with Gasteiger partial charge in [-0.3, -0.25) is 4.79 Å². The molecule has 0 saturated carbocycles. The average molecular weight is 255 g/mol. The summed E-state index contributed by atoms with van der Waals surface area (Å²) in [5, 5.41) is 6.12. The zero-order valence-electron chi connectivity index (χ0n) is 7.86. The van der Waals surface area contributed by atoms with Gasteiger partial charge >= 0.3 is 0 Å². The maximum atomic E-state index is 11.3. The van der Waals surface area contributed by atoms with E-state index in [2.05, 4.69) is 26.6 Å². The van der Waals surface area contributed by atoms with Crippen molar-refractivity contribution in [3.8, 4) is 0 Å². The van der Waals surface area contributed by atoms with Crippen molar-refractivity contribution in [2.45, 2.75) is 13.3 Å². The molecule has 0 saturated heterocycles. The molecule has 1 aromatic carbocycles. The molecule has 0 spiro atoms. The van der Waals surface area contributed by atoms with Crippen molar-refractivity contribution >= 4 is 33.2 Å². The number of rotatable bonds is 0. The number of hydrogen-bond acceptors (Lipinski definition) is 2. The minimum absolute atomic E-state index is 0.0710. The predicted molar refractivity (Wildman–Crippen MR) is 60.6 cm³/mol. The van der Waals surface area contributed by atoms with Crippen LogP contribution in [0.2, 0.25) is 0 Å². The fourth-order valence-electron chi connectivity index (χ4n) is 1.56. The summed E-state index contributed by atoms with van der Waals surface area (Å²) in [6.45, 7) is 2.67. The van der Waals surface area contributed by atoms with Crippen LogP contribution in [0.1, 0.15) is 12.0 Å². The normalized spacial score (nSPS) is 15.1. The van der Waals surface area contributed by atoms with Crippen molar-refractivity contribution in [2.75, 3.05) is 17.2 Å². The van der Waals surface area contributed by atoms with Crippen LogP contribution >= 0.6 is 15.9 Å². The number of nitrogens with one attached hydrogen (secondary N) is 2. The van der Waals surface area contributed by atoms with Crippen molar-refractivity contribution in [1.29, 1.82) is 0 Å². The van der Waals surface area contributed by atoms with Gasteiger partial charge < -0.3 is 10.6 Å². The third-order valence-corrected chi connectivity index (χ3v) is 2.69. The second-order valence-electron chi connectivity index (χ2n) is 3.37. The highest BCUT2D eigenvalue weighted by Crippen LogP contribution is 2.31. The van der Waals surface area contributed by atoms with Crippen LogP contribution in [0.5, 0.6) is 0 Å². The molecule has 14 heavy (non-hydrogen) atoms. The van der Waals surface area contributed by atoms with Gasteiger partial charge in [0.25, 0.3) is 0 Å². The number of halogens is 1. The zero-order valence-corrected chi connectivity index (χ0v) is 9.44. The molecule has 74 valence electrons. The van der Waals surface area contributed by atoms with Crippen LogP contribution in [0.3, 0.4) is 0 Å². The van der Waals surface area contributed by atoms with Crippen molar-refractivity contribution in [3.63, 3.8) is 0 Å². The largest absolute Gasteiger partial charge is 0.383 e. The van der Waals surface area contributed by atoms with E-state index in [1.54, 1.807) is 0 Å². The molecule has 2 N–H and O–H groups in total. The van der Waals surface area contributed by atoms with E-state index >= 15 is 0 Å². The van der Waals surface area contributed by atoms with E-state index in [9.17, 15) is 4.79 Å². The standard InChI is InChI=1S/C10H11BrN2O/c1-6-4-7(11)5-8-10(6)13-9(14)2-3-12-8/h4-5,12H,2-3H2,1H3,(H,13,14). The zero-order chi connectivity index (χ0) is 10.1. The second kappa shape index (κ2) is 3.61. The summed E-state index contributed by atoms with van der Waals surface area (Å²) in [6.07, 6.45) is 0.520. The first kappa shape index (κ1) is 9.52. The van der Waals surface area contributed by atoms with Gasteiger partial charge in [-0.2, -0.15) is 0 Å². The van der Waals surface area contributed by atoms with Crippen LogP contribution in [0.4, 0.5) is 11.4 Å². The van der Waals surface area contributed by atoms with Gasteiger partial charge in [0.05, 0.1) is 11.4 Å². The minimum Gasteiger partial charge on any atom is -0.383 e. The predicted octanol–water partition coefficient (Wildman–Crippen LogP) is 2.51. The Balaban J connectivity index is 2.50. The summed E-state index contributed by atoms with van der Waals surface area (Å²) >= 11 is 3.43. The number of benzene rings is 1. The number of hydrogen-bond donors (Lipinski definition) is 2. The minimum atomic E-state index is 0.0710. The molecule has 0 radical (unpaired) electrons. The third kappa shape index (κ3) is 1.75. The molecule has 2 rings (SSSR count). The maximum Gasteiger partial charge on any atom is 0.226 e. The van der Waals surface area contributed by atoms with Gasteiger partial charge in [-0.1, -0.05) is 15.9 Å². The van der Waals surface area contributed by atoms with Gasteiger partial charge in [0.2, 0.25) is 5.91 Å². The molecule has 1 aliphatic rings. The lowest BCUT2D eigenvalue weighted by Crippen LogP contribution is -2.11. The van der Waals surface area contributed by atoms with Crippen molar-refractivity contribution in [1.82, 2.24) is 0 Å². The Hall–Kier alpha value is -1.03. The Morgan fingerprint density at radius 1 is 1.43 bits per heavy atom. The van der Waals surface area contributed by atoms with Gasteiger partial charge in [-0.25, -0.2) is 0 Å². The summed E-state index contributed by atoms with van der Waals surface area (Å²) in [4.78, 5) is 11.3. The van der Waals surface area contributed by atoms with Crippen molar-refractivity contribution < 1.29 is 4.79 Å². The molecular formula is C10H11BrN2O. The molecule has 0 aromatic heterocycles. The number of carbonyl (C=O) groups excluding carboxylic acids is 1. The van der Waals surface area contributed by atoms with Gasteiger partial charge in [0, 0.05) is 17.4 Å². The number of fused-ring (bicyclic) bond motifs is 1. The van der Waals surface area contributed by atoms with Crippen LogP contribution in [-0.2, 0) is 4.79 Å². The highest BCUT2D eigenvalue weighted by atomic mass is 79.9. The van der Waals surface area contributed by atoms with E-state index < -0.39 is 0 Å². The van der Waals surface area contributed by atoms with Crippen LogP contribution in [0.25, 0.3) is 0 Å². The topological polar surface area (TPSA) is 41.1 Å². The fraction of sp³-hybridized carbons (Fsp3) is 0.300. The number of carbonyl (C=O) groups is 1. The van der Waals surface area contributed by atoms with Gasteiger partial charge in [0.1, 0.15) is 0 Å². The Morgan fingerprint density at radius 2 is 2.21 bits per heavy atom. The van der Waals surface area contributed by atoms with E-state index in [1.807, 2.05) is 19.1 Å². The molecule has 1 aliphatic heterocycles. The molecule has 4 heteroatoms. The number of aryl methyl sites for hydroxylation is 1. The van der Waals surface area contributed by atoms with Gasteiger partial charge in [0.15, 0.2) is 0 Å². The lowest BCUT2D eigenvalue weighted by atomic mass is 10.1. The Bertz CT molecular complexity index is 390. The molecule has 1 heterocycles. The van der Waals surface area contributed by atoms with Crippen LogP contribution in [-0.4, -0.2) is 12.5 Å². The van der Waals surface area contributed by atoms with E-state index in [1.165, 1.54) is 0 Å². The molecule has 1 amide bonds. The molecule has 1 aromatic rings. The van der Waals surface area contributed by atoms with E-state index in [0.717, 1.165) is 21.4 Å². The first-order valence-corrected chi connectivity index (χ1v) is 5.30. The first-order valence-electron chi connectivity index (χ1n) is 4.50. The quantitative estimate of drug-likeness (QED) is 0.747. The Kier molecular flexibility index (Phi) is 2.46. The lowest BCUT2D eigenvalue weighted by Gasteiger charge is -2.11. The number of amides is 1. The Morgan fingerprint density at radius 3 is 3.00 bits per heavy atom. The fourth-order valence-corrected chi connectivity index (χ4v) is 2.13. The van der Waals surface area contributed by atoms with Crippen molar-refractivity contribution in [2.24, 2.45) is 0 Å². The number of anilines is 2.